The molecule has 1 aliphatic heterocycles. The molecule has 9 heteroatoms. The molecule has 7 N–H and O–H groups in total. The van der Waals surface area contributed by atoms with Crippen LogP contribution < -0.4 is 22.1 Å². The number of urea groups is 1. The molecule has 0 unspecified atom stereocenters. The number of rotatable bonds is 3. The van der Waals surface area contributed by atoms with E-state index in [0.29, 0.717) is 0 Å². The first-order valence-corrected chi connectivity index (χ1v) is 7.62. The summed E-state index contributed by atoms with van der Waals surface area (Å²) >= 11 is 1.02. The van der Waals surface area contributed by atoms with Crippen molar-refractivity contribution in [3.05, 3.63) is 16.5 Å². The predicted molar refractivity (Wildman–Crippen MR) is 87.2 cm³/mol. The molecule has 1 fully saturated rings. The van der Waals surface area contributed by atoms with Crippen molar-refractivity contribution in [3.8, 4) is 12.3 Å². The molecule has 0 spiro atoms. The fourth-order valence-corrected chi connectivity index (χ4v) is 2.87. The van der Waals surface area contributed by atoms with Crippen molar-refractivity contribution >= 4 is 34.2 Å². The predicted octanol–water partition coefficient (Wildman–Crippen LogP) is 0.389. The summed E-state index contributed by atoms with van der Waals surface area (Å²) in [6, 6.07) is -0.821. The standard InChI is InChI=1S/C8H6N2O3S.C6H12N2O/c1-2-4-3-14-6(10-8(9)13)5(4)7(11)12;7-6(9)5-2-1-3-8-4-5/h1,3H,(H,11,12)(H3,9,10,13);5,8H,1-4H2,(H2,7,9)/t;5-/m.0/s1. The zero-order chi connectivity index (χ0) is 17.4. The second-order valence-electron chi connectivity index (χ2n) is 4.74. The van der Waals surface area contributed by atoms with E-state index in [4.69, 9.17) is 23.0 Å². The maximum Gasteiger partial charge on any atom is 0.340 e. The van der Waals surface area contributed by atoms with Crippen LogP contribution >= 0.6 is 11.3 Å². The van der Waals surface area contributed by atoms with Gasteiger partial charge < -0.3 is 21.9 Å². The molecule has 0 radical (unpaired) electrons. The van der Waals surface area contributed by atoms with Crippen LogP contribution in [0.25, 0.3) is 0 Å². The van der Waals surface area contributed by atoms with Gasteiger partial charge >= 0.3 is 12.0 Å². The van der Waals surface area contributed by atoms with Crippen LogP contribution in [0.5, 0.6) is 0 Å². The molecule has 23 heavy (non-hydrogen) atoms. The van der Waals surface area contributed by atoms with E-state index >= 15 is 0 Å². The number of piperidine rings is 1. The summed E-state index contributed by atoms with van der Waals surface area (Å²) in [6.45, 7) is 1.80. The number of carbonyl (C=O) groups excluding carboxylic acids is 2. The maximum atomic E-state index is 10.8. The molecule has 0 aromatic carbocycles. The molecule has 0 bridgehead atoms. The molecule has 1 saturated heterocycles. The molecule has 8 nitrogen and oxygen atoms in total. The smallest absolute Gasteiger partial charge is 0.340 e. The van der Waals surface area contributed by atoms with Crippen LogP contribution in [0.3, 0.4) is 0 Å². The second kappa shape index (κ2) is 8.77. The summed E-state index contributed by atoms with van der Waals surface area (Å²) < 4.78 is 0. The van der Waals surface area contributed by atoms with E-state index in [2.05, 4.69) is 16.6 Å². The van der Waals surface area contributed by atoms with Crippen LogP contribution in [0.1, 0.15) is 28.8 Å². The number of primary amides is 2. The number of carbonyl (C=O) groups is 3. The first kappa shape index (κ1) is 18.5. The van der Waals surface area contributed by atoms with Crippen molar-refractivity contribution in [2.24, 2.45) is 17.4 Å². The van der Waals surface area contributed by atoms with Crippen molar-refractivity contribution in [2.45, 2.75) is 12.8 Å². The highest BCUT2D eigenvalue weighted by Gasteiger charge is 2.18. The first-order valence-electron chi connectivity index (χ1n) is 6.74. The van der Waals surface area contributed by atoms with Crippen molar-refractivity contribution in [1.82, 2.24) is 5.32 Å². The topological polar surface area (TPSA) is 148 Å². The Morgan fingerprint density at radius 1 is 1.43 bits per heavy atom. The van der Waals surface area contributed by atoms with Crippen molar-refractivity contribution < 1.29 is 19.5 Å². The lowest BCUT2D eigenvalue weighted by atomic mass is 9.99. The Kier molecular flexibility index (Phi) is 7.05. The van der Waals surface area contributed by atoms with Crippen LogP contribution in [-0.4, -0.2) is 36.1 Å². The Morgan fingerprint density at radius 2 is 2.13 bits per heavy atom. The summed E-state index contributed by atoms with van der Waals surface area (Å²) in [4.78, 5) is 31.8. The van der Waals surface area contributed by atoms with Crippen LogP contribution in [0.4, 0.5) is 9.80 Å². The normalized spacial score (nSPS) is 16.4. The highest BCUT2D eigenvalue weighted by molar-refractivity contribution is 7.15. The third-order valence-corrected chi connectivity index (χ3v) is 3.99. The molecule has 1 atom stereocenters. The molecule has 124 valence electrons. The number of thiophene rings is 1. The summed E-state index contributed by atoms with van der Waals surface area (Å²) in [6.07, 6.45) is 7.12. The molecule has 1 aliphatic rings. The zero-order valence-corrected chi connectivity index (χ0v) is 13.1. The van der Waals surface area contributed by atoms with E-state index in [-0.39, 0.29) is 28.0 Å². The summed E-state index contributed by atoms with van der Waals surface area (Å²) in [5.41, 5.74) is 10.1. The van der Waals surface area contributed by atoms with Crippen molar-refractivity contribution in [1.29, 1.82) is 0 Å². The highest BCUT2D eigenvalue weighted by atomic mass is 32.1. The number of amides is 3. The number of terminal acetylenes is 1. The number of carboxylic acid groups (broad SMARTS) is 1. The van der Waals surface area contributed by atoms with Gasteiger partial charge in [0.2, 0.25) is 5.91 Å². The average molecular weight is 338 g/mol. The van der Waals surface area contributed by atoms with Gasteiger partial charge in [-0.15, -0.1) is 17.8 Å². The number of aromatic carboxylic acids is 1. The van der Waals surface area contributed by atoms with E-state index in [9.17, 15) is 14.4 Å². The number of nitrogens with one attached hydrogen (secondary N) is 2. The Hall–Kier alpha value is -2.57. The lowest BCUT2D eigenvalue weighted by Gasteiger charge is -2.18. The van der Waals surface area contributed by atoms with Gasteiger partial charge in [0.05, 0.1) is 11.5 Å². The number of hydrogen-bond donors (Lipinski definition) is 5. The van der Waals surface area contributed by atoms with Crippen molar-refractivity contribution in [2.75, 3.05) is 18.4 Å². The lowest BCUT2D eigenvalue weighted by molar-refractivity contribution is -0.122. The molecule has 3 amide bonds. The van der Waals surface area contributed by atoms with Gasteiger partial charge in [-0.2, -0.15) is 0 Å². The minimum atomic E-state index is -1.19. The molecule has 1 aromatic heterocycles. The fraction of sp³-hybridized carbons (Fsp3) is 0.357. The van der Waals surface area contributed by atoms with Gasteiger partial charge in [-0.1, -0.05) is 5.92 Å². The summed E-state index contributed by atoms with van der Waals surface area (Å²) in [5.74, 6) is 0.934. The van der Waals surface area contributed by atoms with Crippen LogP contribution in [0.2, 0.25) is 0 Å². The fourth-order valence-electron chi connectivity index (χ4n) is 1.98. The van der Waals surface area contributed by atoms with Gasteiger partial charge in [0.1, 0.15) is 10.6 Å². The minimum absolute atomic E-state index is 0.0822. The number of nitrogens with two attached hydrogens (primary N) is 2. The average Bonchev–Trinajstić information content (AvgIpc) is 2.91. The second-order valence-corrected chi connectivity index (χ2v) is 5.62. The van der Waals surface area contributed by atoms with Gasteiger partial charge in [-0.25, -0.2) is 9.59 Å². The third-order valence-electron chi connectivity index (χ3n) is 3.10. The van der Waals surface area contributed by atoms with Gasteiger partial charge in [-0.05, 0) is 19.4 Å². The molecule has 0 saturated carbocycles. The van der Waals surface area contributed by atoms with E-state index < -0.39 is 12.0 Å². The van der Waals surface area contributed by atoms with E-state index in [1.807, 2.05) is 0 Å². The van der Waals surface area contributed by atoms with Crippen LogP contribution in [0, 0.1) is 18.3 Å². The van der Waals surface area contributed by atoms with Gasteiger partial charge in [-0.3, -0.25) is 10.1 Å². The molecule has 2 heterocycles. The lowest BCUT2D eigenvalue weighted by Crippen LogP contribution is -2.37. The third kappa shape index (κ3) is 5.61. The summed E-state index contributed by atoms with van der Waals surface area (Å²) in [7, 11) is 0. The van der Waals surface area contributed by atoms with E-state index in [1.165, 1.54) is 5.38 Å². The van der Waals surface area contributed by atoms with E-state index in [1.54, 1.807) is 0 Å². The SMILES string of the molecule is C#Cc1csc(NC(N)=O)c1C(=O)O.NC(=O)[C@H]1CCCNC1. The Bertz CT molecular complexity index is 629. The number of carboxylic acids is 1. The van der Waals surface area contributed by atoms with Crippen molar-refractivity contribution in [3.63, 3.8) is 0 Å². The Morgan fingerprint density at radius 3 is 2.52 bits per heavy atom. The van der Waals surface area contributed by atoms with Crippen LogP contribution in [0.15, 0.2) is 5.38 Å². The van der Waals surface area contributed by atoms with Gasteiger partial charge in [0, 0.05) is 11.9 Å². The molecular weight excluding hydrogens is 320 g/mol. The monoisotopic (exact) mass is 338 g/mol. The Labute approximate surface area is 137 Å². The highest BCUT2D eigenvalue weighted by Crippen LogP contribution is 2.27. The number of anilines is 1. The number of hydrogen-bond acceptors (Lipinski definition) is 5. The molecule has 0 aliphatic carbocycles. The van der Waals surface area contributed by atoms with Crippen LogP contribution in [-0.2, 0) is 4.79 Å². The first-order chi connectivity index (χ1) is 10.9. The minimum Gasteiger partial charge on any atom is -0.478 e. The molecule has 2 rings (SSSR count). The summed E-state index contributed by atoms with van der Waals surface area (Å²) in [5, 5.41) is 15.7. The molecular formula is C14H18N4O4S. The Balaban J connectivity index is 0.000000253. The maximum absolute atomic E-state index is 10.8. The quantitative estimate of drug-likeness (QED) is 0.506. The zero-order valence-electron chi connectivity index (χ0n) is 12.3. The molecule has 1 aromatic rings. The largest absolute Gasteiger partial charge is 0.478 e. The van der Waals surface area contributed by atoms with E-state index in [0.717, 1.165) is 37.3 Å². The van der Waals surface area contributed by atoms with Gasteiger partial charge in [0.25, 0.3) is 0 Å². The van der Waals surface area contributed by atoms with Gasteiger partial charge in [0.15, 0.2) is 0 Å².